The van der Waals surface area contributed by atoms with E-state index in [0.29, 0.717) is 23.8 Å². The highest BCUT2D eigenvalue weighted by Gasteiger charge is 2.40. The van der Waals surface area contributed by atoms with Gasteiger partial charge in [-0.2, -0.15) is 5.10 Å². The van der Waals surface area contributed by atoms with Crippen molar-refractivity contribution in [1.82, 2.24) is 15.1 Å². The second kappa shape index (κ2) is 5.97. The van der Waals surface area contributed by atoms with Crippen LogP contribution in [0.4, 0.5) is 5.69 Å². The fourth-order valence-electron chi connectivity index (χ4n) is 3.42. The minimum Gasteiger partial charge on any atom is -0.380 e. The Morgan fingerprint density at radius 1 is 1.57 bits per heavy atom. The van der Waals surface area contributed by atoms with E-state index in [1.165, 1.54) is 23.9 Å². The molecule has 1 aromatic rings. The minimum absolute atomic E-state index is 0.198. The van der Waals surface area contributed by atoms with E-state index in [0.717, 1.165) is 25.8 Å². The van der Waals surface area contributed by atoms with Crippen molar-refractivity contribution in [3.63, 3.8) is 0 Å². The van der Waals surface area contributed by atoms with Crippen LogP contribution in [0.1, 0.15) is 45.4 Å². The quantitative estimate of drug-likeness (QED) is 0.896. The number of hydrogen-bond donors (Lipinski definition) is 2. The van der Waals surface area contributed by atoms with Gasteiger partial charge in [0.1, 0.15) is 5.02 Å². The van der Waals surface area contributed by atoms with Crippen molar-refractivity contribution in [3.8, 4) is 0 Å². The lowest BCUT2D eigenvalue weighted by Crippen LogP contribution is -2.58. The van der Waals surface area contributed by atoms with E-state index in [1.807, 2.05) is 6.92 Å². The summed E-state index contributed by atoms with van der Waals surface area (Å²) in [5.74, 6) is 0. The molecule has 1 aliphatic heterocycles. The molecular formula is C15H23ClN4O. The van der Waals surface area contributed by atoms with Gasteiger partial charge in [-0.1, -0.05) is 18.5 Å². The van der Waals surface area contributed by atoms with Crippen molar-refractivity contribution in [3.05, 3.63) is 21.6 Å². The fourth-order valence-corrected chi connectivity index (χ4v) is 3.62. The zero-order valence-electron chi connectivity index (χ0n) is 12.5. The van der Waals surface area contributed by atoms with Gasteiger partial charge >= 0.3 is 0 Å². The third-order valence-corrected chi connectivity index (χ3v) is 5.09. The molecule has 1 spiro atoms. The van der Waals surface area contributed by atoms with E-state index >= 15 is 0 Å². The molecular weight excluding hydrogens is 288 g/mol. The van der Waals surface area contributed by atoms with E-state index in [-0.39, 0.29) is 10.6 Å². The molecule has 1 aliphatic carbocycles. The highest BCUT2D eigenvalue weighted by molar-refractivity contribution is 6.32. The first-order chi connectivity index (χ1) is 10.1. The first-order valence-corrected chi connectivity index (χ1v) is 8.28. The van der Waals surface area contributed by atoms with Crippen LogP contribution in [0.2, 0.25) is 5.02 Å². The Labute approximate surface area is 130 Å². The molecule has 0 radical (unpaired) electrons. The molecule has 0 aromatic carbocycles. The average molecular weight is 311 g/mol. The Kier molecular flexibility index (Phi) is 4.22. The van der Waals surface area contributed by atoms with Gasteiger partial charge < -0.3 is 10.6 Å². The molecule has 2 N–H and O–H groups in total. The number of hydrogen-bond acceptors (Lipinski definition) is 4. The highest BCUT2D eigenvalue weighted by Crippen LogP contribution is 2.39. The molecule has 5 nitrogen and oxygen atoms in total. The lowest BCUT2D eigenvalue weighted by atomic mass is 9.70. The average Bonchev–Trinajstić information content (AvgIpc) is 2.46. The smallest absolute Gasteiger partial charge is 0.287 e. The number of rotatable bonds is 4. The van der Waals surface area contributed by atoms with Crippen LogP contribution in [0.3, 0.4) is 0 Å². The molecule has 1 unspecified atom stereocenters. The predicted molar refractivity (Wildman–Crippen MR) is 85.0 cm³/mol. The van der Waals surface area contributed by atoms with Crippen LogP contribution in [-0.2, 0) is 6.54 Å². The van der Waals surface area contributed by atoms with Gasteiger partial charge in [0.25, 0.3) is 5.56 Å². The van der Waals surface area contributed by atoms with Crippen molar-refractivity contribution in [2.75, 3.05) is 11.9 Å². The summed E-state index contributed by atoms with van der Waals surface area (Å²) >= 11 is 6.22. The Morgan fingerprint density at radius 2 is 2.38 bits per heavy atom. The van der Waals surface area contributed by atoms with E-state index in [2.05, 4.69) is 15.7 Å². The lowest BCUT2D eigenvalue weighted by molar-refractivity contribution is 0.135. The van der Waals surface area contributed by atoms with Crippen LogP contribution < -0.4 is 16.2 Å². The summed E-state index contributed by atoms with van der Waals surface area (Å²) < 4.78 is 1.43. The molecule has 116 valence electrons. The van der Waals surface area contributed by atoms with E-state index in [1.54, 1.807) is 6.20 Å². The number of aryl methyl sites for hydroxylation is 1. The van der Waals surface area contributed by atoms with Crippen LogP contribution in [0, 0.1) is 0 Å². The summed E-state index contributed by atoms with van der Waals surface area (Å²) in [4.78, 5) is 12.1. The first-order valence-electron chi connectivity index (χ1n) is 7.91. The third kappa shape index (κ3) is 2.94. The van der Waals surface area contributed by atoms with Gasteiger partial charge in [-0.3, -0.25) is 4.79 Å². The van der Waals surface area contributed by atoms with Crippen LogP contribution in [0.5, 0.6) is 0 Å². The summed E-state index contributed by atoms with van der Waals surface area (Å²) in [6, 6.07) is 0.368. The Balaban J connectivity index is 1.72. The fraction of sp³-hybridized carbons (Fsp3) is 0.733. The zero-order valence-corrected chi connectivity index (χ0v) is 13.2. The van der Waals surface area contributed by atoms with Crippen LogP contribution in [0.15, 0.2) is 11.0 Å². The first kappa shape index (κ1) is 14.9. The molecule has 0 bridgehead atoms. The molecule has 21 heavy (non-hydrogen) atoms. The van der Waals surface area contributed by atoms with E-state index in [4.69, 9.17) is 11.6 Å². The van der Waals surface area contributed by atoms with Gasteiger partial charge in [-0.05, 0) is 45.1 Å². The SMILES string of the molecule is CCCn1ncc(NC2CCNC3(CCC3)C2)c(Cl)c1=O. The van der Waals surface area contributed by atoms with Crippen molar-refractivity contribution in [1.29, 1.82) is 0 Å². The number of aromatic nitrogens is 2. The molecule has 0 amide bonds. The summed E-state index contributed by atoms with van der Waals surface area (Å²) in [7, 11) is 0. The zero-order chi connectivity index (χ0) is 14.9. The monoisotopic (exact) mass is 310 g/mol. The lowest BCUT2D eigenvalue weighted by Gasteiger charge is -2.48. The molecule has 1 aromatic heterocycles. The van der Waals surface area contributed by atoms with Gasteiger partial charge in [0.2, 0.25) is 0 Å². The molecule has 3 rings (SSSR count). The maximum absolute atomic E-state index is 12.1. The normalized spacial score (nSPS) is 23.8. The van der Waals surface area contributed by atoms with Crippen molar-refractivity contribution in [2.24, 2.45) is 0 Å². The van der Waals surface area contributed by atoms with Gasteiger partial charge in [-0.15, -0.1) is 0 Å². The Morgan fingerprint density at radius 3 is 3.05 bits per heavy atom. The maximum Gasteiger partial charge on any atom is 0.287 e. The summed E-state index contributed by atoms with van der Waals surface area (Å²) in [6.45, 7) is 3.65. The summed E-state index contributed by atoms with van der Waals surface area (Å²) in [6.07, 6.45) is 8.54. The minimum atomic E-state index is -0.198. The second-order valence-electron chi connectivity index (χ2n) is 6.30. The summed E-state index contributed by atoms with van der Waals surface area (Å²) in [5, 5.41) is 11.5. The molecule has 2 aliphatic rings. The maximum atomic E-state index is 12.1. The van der Waals surface area contributed by atoms with Gasteiger partial charge in [0.15, 0.2) is 0 Å². The molecule has 6 heteroatoms. The number of nitrogens with one attached hydrogen (secondary N) is 2. The third-order valence-electron chi connectivity index (χ3n) is 4.72. The second-order valence-corrected chi connectivity index (χ2v) is 6.67. The van der Waals surface area contributed by atoms with Crippen molar-refractivity contribution in [2.45, 2.75) is 63.6 Å². The van der Waals surface area contributed by atoms with Crippen molar-refractivity contribution >= 4 is 17.3 Å². The van der Waals surface area contributed by atoms with Gasteiger partial charge in [-0.25, -0.2) is 4.68 Å². The van der Waals surface area contributed by atoms with Gasteiger partial charge in [0, 0.05) is 18.1 Å². The summed E-state index contributed by atoms with van der Waals surface area (Å²) in [5.41, 5.74) is 0.804. The van der Waals surface area contributed by atoms with Gasteiger partial charge in [0.05, 0.1) is 11.9 Å². The number of nitrogens with zero attached hydrogens (tertiary/aromatic N) is 2. The molecule has 1 saturated heterocycles. The molecule has 1 atom stereocenters. The Hall–Kier alpha value is -1.07. The molecule has 2 fully saturated rings. The molecule has 2 heterocycles. The number of piperidine rings is 1. The Bertz CT molecular complexity index is 567. The number of anilines is 1. The largest absolute Gasteiger partial charge is 0.380 e. The predicted octanol–water partition coefficient (Wildman–Crippen LogP) is 2.39. The molecule has 1 saturated carbocycles. The standard InChI is InChI=1S/C15H23ClN4O/c1-2-8-20-14(21)13(16)12(10-18-20)19-11-4-7-17-15(9-11)5-3-6-15/h10-11,17,19H,2-9H2,1H3. The number of halogens is 1. The topological polar surface area (TPSA) is 59.0 Å². The van der Waals surface area contributed by atoms with E-state index in [9.17, 15) is 4.79 Å². The van der Waals surface area contributed by atoms with Crippen LogP contribution >= 0.6 is 11.6 Å². The van der Waals surface area contributed by atoms with Crippen molar-refractivity contribution < 1.29 is 0 Å². The highest BCUT2D eigenvalue weighted by atomic mass is 35.5. The van der Waals surface area contributed by atoms with E-state index < -0.39 is 0 Å². The van der Waals surface area contributed by atoms with Crippen LogP contribution in [-0.4, -0.2) is 27.9 Å². The van der Waals surface area contributed by atoms with Crippen LogP contribution in [0.25, 0.3) is 0 Å².